The molecule has 0 heterocycles. The fraction of sp³-hybridized carbons (Fsp3) is 0. The normalized spacial score (nSPS) is 11.8. The van der Waals surface area contributed by atoms with Crippen molar-refractivity contribution in [2.24, 2.45) is 5.10 Å². The van der Waals surface area contributed by atoms with E-state index in [9.17, 15) is 12.8 Å². The molecule has 0 bridgehead atoms. The largest absolute Gasteiger partial charge is 0.276 e. The molecule has 0 radical (unpaired) electrons. The van der Waals surface area contributed by atoms with E-state index in [1.807, 2.05) is 4.83 Å². The number of hydrogen-bond donors (Lipinski definition) is 1. The van der Waals surface area contributed by atoms with E-state index in [-0.39, 0.29) is 20.8 Å². The lowest BCUT2D eigenvalue weighted by Crippen LogP contribution is -2.18. The van der Waals surface area contributed by atoms with E-state index < -0.39 is 10.0 Å². The van der Waals surface area contributed by atoms with Gasteiger partial charge in [-0.1, -0.05) is 35.3 Å². The summed E-state index contributed by atoms with van der Waals surface area (Å²) in [4.78, 5) is 1.97. The van der Waals surface area contributed by atoms with Crippen LogP contribution < -0.4 is 4.83 Å². The maximum absolute atomic E-state index is 12.7. The molecule has 8 heteroatoms. The third-order valence-electron chi connectivity index (χ3n) is 2.46. The first-order valence-electron chi connectivity index (χ1n) is 5.64. The molecule has 0 saturated carbocycles. The Morgan fingerprint density at radius 3 is 2.33 bits per heavy atom. The van der Waals surface area contributed by atoms with Gasteiger partial charge >= 0.3 is 0 Å². The van der Waals surface area contributed by atoms with E-state index in [4.69, 9.17) is 23.2 Å². The lowest BCUT2D eigenvalue weighted by Gasteiger charge is -2.04. The molecule has 0 aliphatic carbocycles. The number of sulfonamides is 1. The van der Waals surface area contributed by atoms with Crippen LogP contribution in [0.2, 0.25) is 10.0 Å². The number of nitrogens with zero attached hydrogens (tertiary/aromatic N) is 1. The molecule has 4 nitrogen and oxygen atoms in total. The fourth-order valence-corrected chi connectivity index (χ4v) is 2.60. The van der Waals surface area contributed by atoms with E-state index >= 15 is 0 Å². The van der Waals surface area contributed by atoms with Crippen LogP contribution in [0, 0.1) is 5.82 Å². The van der Waals surface area contributed by atoms with Crippen LogP contribution in [-0.4, -0.2) is 14.6 Å². The summed E-state index contributed by atoms with van der Waals surface area (Å²) in [6.07, 6.45) is 1.26. The highest BCUT2D eigenvalue weighted by Crippen LogP contribution is 2.24. The maximum Gasteiger partial charge on any atom is 0.276 e. The Kier molecular flexibility index (Phi) is 4.82. The molecule has 0 aliphatic rings. The van der Waals surface area contributed by atoms with Crippen LogP contribution in [0.1, 0.15) is 5.56 Å². The van der Waals surface area contributed by atoms with Gasteiger partial charge in [-0.25, -0.2) is 9.22 Å². The monoisotopic (exact) mass is 346 g/mol. The van der Waals surface area contributed by atoms with Gasteiger partial charge in [0.25, 0.3) is 10.0 Å². The molecule has 110 valence electrons. The molecule has 0 unspecified atom stereocenters. The molecule has 0 aromatic heterocycles. The molecule has 2 aromatic rings. The molecule has 0 saturated heterocycles. The molecule has 0 fully saturated rings. The van der Waals surface area contributed by atoms with Gasteiger partial charge in [0.05, 0.1) is 21.2 Å². The number of benzene rings is 2. The Labute approximate surface area is 131 Å². The van der Waals surface area contributed by atoms with Crippen molar-refractivity contribution >= 4 is 39.4 Å². The Hall–Kier alpha value is -1.63. The quantitative estimate of drug-likeness (QED) is 0.680. The van der Waals surface area contributed by atoms with Crippen LogP contribution in [0.4, 0.5) is 4.39 Å². The third kappa shape index (κ3) is 4.17. The molecule has 0 aliphatic heterocycles. The summed E-state index contributed by atoms with van der Waals surface area (Å²) in [5, 5.41) is 3.99. The summed E-state index contributed by atoms with van der Waals surface area (Å²) in [6, 6.07) is 9.33. The lowest BCUT2D eigenvalue weighted by molar-refractivity contribution is 0.584. The number of hydrazone groups is 1. The van der Waals surface area contributed by atoms with Crippen molar-refractivity contribution < 1.29 is 12.8 Å². The lowest BCUT2D eigenvalue weighted by atomic mass is 10.2. The molecule has 0 atom stereocenters. The van der Waals surface area contributed by atoms with Crippen LogP contribution in [0.15, 0.2) is 52.5 Å². The maximum atomic E-state index is 12.7. The van der Waals surface area contributed by atoms with Gasteiger partial charge in [0.2, 0.25) is 0 Å². The van der Waals surface area contributed by atoms with Gasteiger partial charge in [0.1, 0.15) is 5.82 Å². The summed E-state index contributed by atoms with van der Waals surface area (Å²) in [7, 11) is -3.84. The summed E-state index contributed by atoms with van der Waals surface area (Å²) >= 11 is 11.5. The van der Waals surface area contributed by atoms with Crippen molar-refractivity contribution in [2.45, 2.75) is 4.90 Å². The second kappa shape index (κ2) is 6.43. The smallest absolute Gasteiger partial charge is 0.207 e. The van der Waals surface area contributed by atoms with Crippen LogP contribution in [-0.2, 0) is 10.0 Å². The van der Waals surface area contributed by atoms with E-state index in [0.29, 0.717) is 5.56 Å². The third-order valence-corrected chi connectivity index (χ3v) is 4.42. The number of halogens is 3. The average Bonchev–Trinajstić information content (AvgIpc) is 2.44. The SMILES string of the molecule is O=S(=O)(N/N=C/c1ccc(F)cc1)c1ccc(Cl)c(Cl)c1. The summed E-state index contributed by atoms with van der Waals surface area (Å²) in [6.45, 7) is 0. The number of rotatable bonds is 4. The molecule has 2 aromatic carbocycles. The predicted octanol–water partition coefficient (Wildman–Crippen LogP) is 3.44. The Morgan fingerprint density at radius 1 is 1.05 bits per heavy atom. The molecular weight excluding hydrogens is 338 g/mol. The van der Waals surface area contributed by atoms with Crippen molar-refractivity contribution in [2.75, 3.05) is 0 Å². The molecule has 0 spiro atoms. The van der Waals surface area contributed by atoms with Crippen molar-refractivity contribution in [1.29, 1.82) is 0 Å². The van der Waals surface area contributed by atoms with Crippen molar-refractivity contribution in [3.63, 3.8) is 0 Å². The minimum Gasteiger partial charge on any atom is -0.207 e. The van der Waals surface area contributed by atoms with Crippen molar-refractivity contribution in [1.82, 2.24) is 4.83 Å². The molecular formula is C13H9Cl2FN2O2S. The zero-order valence-electron chi connectivity index (χ0n) is 10.4. The zero-order valence-corrected chi connectivity index (χ0v) is 12.8. The van der Waals surface area contributed by atoms with Gasteiger partial charge in [-0.3, -0.25) is 0 Å². The van der Waals surface area contributed by atoms with Crippen LogP contribution in [0.25, 0.3) is 0 Å². The first-order valence-corrected chi connectivity index (χ1v) is 7.88. The second-order valence-corrected chi connectivity index (χ2v) is 6.46. The van der Waals surface area contributed by atoms with Crippen molar-refractivity contribution in [3.05, 3.63) is 63.9 Å². The van der Waals surface area contributed by atoms with Crippen LogP contribution >= 0.6 is 23.2 Å². The predicted molar refractivity (Wildman–Crippen MR) is 80.8 cm³/mol. The minimum absolute atomic E-state index is 0.0619. The van der Waals surface area contributed by atoms with Crippen LogP contribution in [0.3, 0.4) is 0 Å². The van der Waals surface area contributed by atoms with Crippen molar-refractivity contribution in [3.8, 4) is 0 Å². The molecule has 21 heavy (non-hydrogen) atoms. The molecule has 0 amide bonds. The first-order chi connectivity index (χ1) is 9.88. The summed E-state index contributed by atoms with van der Waals surface area (Å²) in [5.41, 5.74) is 0.549. The number of hydrogen-bond acceptors (Lipinski definition) is 3. The fourth-order valence-electron chi connectivity index (χ4n) is 1.42. The Balaban J connectivity index is 2.14. The molecule has 2 rings (SSSR count). The zero-order chi connectivity index (χ0) is 15.5. The average molecular weight is 347 g/mol. The van der Waals surface area contributed by atoms with E-state index in [2.05, 4.69) is 5.10 Å². The van der Waals surface area contributed by atoms with Gasteiger partial charge < -0.3 is 0 Å². The standard InChI is InChI=1S/C13H9Cl2FN2O2S/c14-12-6-5-11(7-13(12)15)21(19,20)18-17-8-9-1-3-10(16)4-2-9/h1-8,18H/b17-8+. The Morgan fingerprint density at radius 2 is 1.71 bits per heavy atom. The second-order valence-electron chi connectivity index (χ2n) is 3.98. The van der Waals surface area contributed by atoms with E-state index in [1.165, 1.54) is 48.7 Å². The van der Waals surface area contributed by atoms with Gasteiger partial charge in [-0.2, -0.15) is 13.5 Å². The van der Waals surface area contributed by atoms with Gasteiger partial charge in [-0.05, 0) is 35.9 Å². The minimum atomic E-state index is -3.84. The summed E-state index contributed by atoms with van der Waals surface area (Å²) in [5.74, 6) is -0.386. The highest BCUT2D eigenvalue weighted by atomic mass is 35.5. The van der Waals surface area contributed by atoms with Crippen LogP contribution in [0.5, 0.6) is 0 Å². The van der Waals surface area contributed by atoms with E-state index in [0.717, 1.165) is 0 Å². The Bertz CT molecular complexity index is 777. The first kappa shape index (κ1) is 15.8. The van der Waals surface area contributed by atoms with Gasteiger partial charge in [0, 0.05) is 0 Å². The van der Waals surface area contributed by atoms with Gasteiger partial charge in [0.15, 0.2) is 0 Å². The molecule has 1 N–H and O–H groups in total. The van der Waals surface area contributed by atoms with E-state index in [1.54, 1.807) is 0 Å². The highest BCUT2D eigenvalue weighted by molar-refractivity contribution is 7.89. The summed E-state index contributed by atoms with van der Waals surface area (Å²) < 4.78 is 36.6. The topological polar surface area (TPSA) is 58.5 Å². The number of nitrogens with one attached hydrogen (secondary N) is 1. The highest BCUT2D eigenvalue weighted by Gasteiger charge is 2.14. The van der Waals surface area contributed by atoms with Gasteiger partial charge in [-0.15, -0.1) is 0 Å².